The van der Waals surface area contributed by atoms with Crippen LogP contribution in [0.3, 0.4) is 0 Å². The third-order valence-electron chi connectivity index (χ3n) is 0.763. The van der Waals surface area contributed by atoms with Crippen molar-refractivity contribution in [2.45, 2.75) is 13.8 Å². The van der Waals surface area contributed by atoms with Gasteiger partial charge in [0.2, 0.25) is 0 Å². The third-order valence-corrected chi connectivity index (χ3v) is 0.763. The van der Waals surface area contributed by atoms with Gasteiger partial charge in [-0.15, -0.1) is 0 Å². The van der Waals surface area contributed by atoms with E-state index in [1.54, 1.807) is 0 Å². The largest absolute Gasteiger partial charge is 0.610 e. The number of nitrogens with zero attached hydrogens (tertiary/aromatic N) is 1. The molecule has 0 aromatic rings. The molecule has 0 aromatic carbocycles. The summed E-state index contributed by atoms with van der Waals surface area (Å²) >= 11 is 0. The Bertz CT molecular complexity index is 28.9. The van der Waals surface area contributed by atoms with Crippen LogP contribution in [0, 0.1) is 0 Å². The molecule has 3 heteroatoms. The molecular weight excluding hydrogens is 255 g/mol. The number of hydrogen-bond acceptors (Lipinski definition) is 1. The van der Waals surface area contributed by atoms with E-state index in [0.29, 0.717) is 0 Å². The van der Waals surface area contributed by atoms with Crippen molar-refractivity contribution in [3.05, 3.63) is 5.84 Å². The van der Waals surface area contributed by atoms with E-state index in [-0.39, 0.29) is 25.8 Å². The molecule has 0 atom stereocenters. The fourth-order valence-electron chi connectivity index (χ4n) is 0.224. The number of rotatable bonds is 2. The quantitative estimate of drug-likeness (QED) is 0.546. The van der Waals surface area contributed by atoms with Crippen molar-refractivity contribution in [1.29, 1.82) is 0 Å². The van der Waals surface area contributed by atoms with Crippen molar-refractivity contribution < 1.29 is 25.8 Å². The molecule has 0 fully saturated rings. The molecule has 0 saturated heterocycles. The van der Waals surface area contributed by atoms with Crippen LogP contribution in [0.4, 0.5) is 0 Å². The molecule has 0 spiro atoms. The standard InChI is InChI=1S/C4H11N2.Hf/c1-3-6(5)4-2;/h5H,3-4H2,1-2H3;/q-1;. The molecule has 0 aliphatic heterocycles. The molecule has 0 aliphatic carbocycles. The molecule has 0 radical (unpaired) electrons. The van der Waals surface area contributed by atoms with Gasteiger partial charge in [-0.25, -0.2) is 0 Å². The molecule has 0 unspecified atom stereocenters. The van der Waals surface area contributed by atoms with Gasteiger partial charge in [0.1, 0.15) is 0 Å². The first-order valence-corrected chi connectivity index (χ1v) is 2.27. The predicted molar refractivity (Wildman–Crippen MR) is 27.2 cm³/mol. The molecule has 0 rings (SSSR count). The van der Waals surface area contributed by atoms with Crippen LogP contribution >= 0.6 is 0 Å². The first-order chi connectivity index (χ1) is 2.81. The van der Waals surface area contributed by atoms with Crippen LogP contribution in [-0.2, 0) is 25.8 Å². The average Bonchev–Trinajstić information content (AvgIpc) is 1.65. The van der Waals surface area contributed by atoms with E-state index < -0.39 is 0 Å². The zero-order valence-corrected chi connectivity index (χ0v) is 8.45. The normalized spacial score (nSPS) is 8.57. The summed E-state index contributed by atoms with van der Waals surface area (Å²) in [7, 11) is 0. The second-order valence-electron chi connectivity index (χ2n) is 1.17. The second-order valence-corrected chi connectivity index (χ2v) is 1.17. The van der Waals surface area contributed by atoms with Crippen LogP contribution < -0.4 is 0 Å². The molecule has 7 heavy (non-hydrogen) atoms. The maximum Gasteiger partial charge on any atom is 0 e. The zero-order valence-electron chi connectivity index (χ0n) is 4.86. The van der Waals surface area contributed by atoms with Gasteiger partial charge in [0.15, 0.2) is 0 Å². The summed E-state index contributed by atoms with van der Waals surface area (Å²) in [6, 6.07) is 0. The van der Waals surface area contributed by atoms with E-state index in [2.05, 4.69) is 0 Å². The average molecular weight is 266 g/mol. The van der Waals surface area contributed by atoms with Gasteiger partial charge >= 0.3 is 0 Å². The Morgan fingerprint density at radius 2 is 1.57 bits per heavy atom. The Morgan fingerprint density at radius 3 is 1.57 bits per heavy atom. The van der Waals surface area contributed by atoms with Crippen molar-refractivity contribution in [3.8, 4) is 0 Å². The van der Waals surface area contributed by atoms with Crippen molar-refractivity contribution in [1.82, 2.24) is 5.01 Å². The van der Waals surface area contributed by atoms with Gasteiger partial charge in [-0.1, -0.05) is 13.8 Å². The summed E-state index contributed by atoms with van der Waals surface area (Å²) in [5.41, 5.74) is 0. The summed E-state index contributed by atoms with van der Waals surface area (Å²) in [5.74, 6) is 6.90. The molecule has 0 aliphatic rings. The molecule has 2 nitrogen and oxygen atoms in total. The Labute approximate surface area is 63.8 Å². The first-order valence-electron chi connectivity index (χ1n) is 2.27. The summed E-state index contributed by atoms with van der Waals surface area (Å²) in [5, 5.41) is 1.50. The summed E-state index contributed by atoms with van der Waals surface area (Å²) in [4.78, 5) is 0. The number of nitrogens with one attached hydrogen (secondary N) is 1. The molecule has 1 N–H and O–H groups in total. The van der Waals surface area contributed by atoms with Crippen LogP contribution in [0.25, 0.3) is 5.84 Å². The van der Waals surface area contributed by atoms with Gasteiger partial charge in [0.05, 0.1) is 0 Å². The minimum absolute atomic E-state index is 0. The smallest absolute Gasteiger partial charge is 0 e. The van der Waals surface area contributed by atoms with Crippen LogP contribution in [0.2, 0.25) is 0 Å². The fourth-order valence-corrected chi connectivity index (χ4v) is 0.224. The molecular formula is C4H11HfN2-. The van der Waals surface area contributed by atoms with E-state index in [0.717, 1.165) is 13.1 Å². The van der Waals surface area contributed by atoms with E-state index in [9.17, 15) is 0 Å². The SMILES string of the molecule is CCN([NH-])CC.[Hf]. The maximum absolute atomic E-state index is 6.90. The second kappa shape index (κ2) is 6.79. The summed E-state index contributed by atoms with van der Waals surface area (Å²) < 4.78 is 0. The van der Waals surface area contributed by atoms with E-state index in [1.165, 1.54) is 5.01 Å². The van der Waals surface area contributed by atoms with Gasteiger partial charge in [0.25, 0.3) is 0 Å². The van der Waals surface area contributed by atoms with Gasteiger partial charge < -0.3 is 10.9 Å². The van der Waals surface area contributed by atoms with Crippen molar-refractivity contribution in [2.24, 2.45) is 0 Å². The predicted octanol–water partition coefficient (Wildman–Crippen LogP) is 1.29. The third kappa shape index (κ3) is 6.79. The Balaban J connectivity index is 0. The molecule has 0 heterocycles. The zero-order chi connectivity index (χ0) is 4.99. The van der Waals surface area contributed by atoms with Crippen LogP contribution in [0.1, 0.15) is 13.8 Å². The fraction of sp³-hybridized carbons (Fsp3) is 1.00. The van der Waals surface area contributed by atoms with Gasteiger partial charge in [0, 0.05) is 25.8 Å². The van der Waals surface area contributed by atoms with Crippen LogP contribution in [0.5, 0.6) is 0 Å². The van der Waals surface area contributed by atoms with Gasteiger partial charge in [-0.05, 0) is 13.1 Å². The van der Waals surface area contributed by atoms with E-state index in [1.807, 2.05) is 13.8 Å². The van der Waals surface area contributed by atoms with E-state index in [4.69, 9.17) is 5.84 Å². The minimum atomic E-state index is 0. The summed E-state index contributed by atoms with van der Waals surface area (Å²) in [6.45, 7) is 5.60. The maximum atomic E-state index is 6.90. The Hall–Kier alpha value is 0.790. The van der Waals surface area contributed by atoms with Crippen LogP contribution in [-0.4, -0.2) is 18.1 Å². The Morgan fingerprint density at radius 1 is 1.29 bits per heavy atom. The number of hydrogen-bond donors (Lipinski definition) is 0. The van der Waals surface area contributed by atoms with Gasteiger partial charge in [-0.2, -0.15) is 0 Å². The molecule has 42 valence electrons. The van der Waals surface area contributed by atoms with Crippen molar-refractivity contribution >= 4 is 0 Å². The summed E-state index contributed by atoms with van der Waals surface area (Å²) in [6.07, 6.45) is 0. The first kappa shape index (κ1) is 10.7. The van der Waals surface area contributed by atoms with Crippen molar-refractivity contribution in [2.75, 3.05) is 13.1 Å². The van der Waals surface area contributed by atoms with Crippen molar-refractivity contribution in [3.63, 3.8) is 0 Å². The molecule has 0 bridgehead atoms. The van der Waals surface area contributed by atoms with Crippen LogP contribution in [0.15, 0.2) is 0 Å². The van der Waals surface area contributed by atoms with Gasteiger partial charge in [-0.3, -0.25) is 0 Å². The Kier molecular flexibility index (Phi) is 10.4. The van der Waals surface area contributed by atoms with E-state index >= 15 is 0 Å². The monoisotopic (exact) mass is 267 g/mol. The molecule has 0 amide bonds. The topological polar surface area (TPSA) is 27.0 Å². The molecule has 0 aromatic heterocycles. The molecule has 0 saturated carbocycles. The minimum Gasteiger partial charge on any atom is -0.610 e.